The Balaban J connectivity index is 2.27. The molecule has 0 fully saturated rings. The van der Waals surface area contributed by atoms with Gasteiger partial charge in [-0.2, -0.15) is 0 Å². The Hall–Kier alpha value is -1.91. The number of benzene rings is 1. The van der Waals surface area contributed by atoms with Crippen molar-refractivity contribution in [2.24, 2.45) is 0 Å². The van der Waals surface area contributed by atoms with E-state index in [0.717, 1.165) is 11.1 Å². The summed E-state index contributed by atoms with van der Waals surface area (Å²) in [6, 6.07) is 9.10. The summed E-state index contributed by atoms with van der Waals surface area (Å²) in [5, 5.41) is 0.332. The van der Waals surface area contributed by atoms with Gasteiger partial charge in [0, 0.05) is 18.7 Å². The molecule has 0 amide bonds. The molecule has 0 unspecified atom stereocenters. The fourth-order valence-electron chi connectivity index (χ4n) is 1.59. The van der Waals surface area contributed by atoms with Gasteiger partial charge < -0.3 is 9.47 Å². The van der Waals surface area contributed by atoms with Gasteiger partial charge in [0.05, 0.1) is 6.61 Å². The van der Waals surface area contributed by atoms with Crippen LogP contribution in [0.1, 0.15) is 5.56 Å². The zero-order valence-electron chi connectivity index (χ0n) is 10.5. The lowest BCUT2D eigenvalue weighted by Crippen LogP contribution is -1.97. The van der Waals surface area contributed by atoms with E-state index in [0.29, 0.717) is 23.4 Å². The van der Waals surface area contributed by atoms with Crippen molar-refractivity contribution in [1.82, 2.24) is 9.97 Å². The molecule has 5 heteroatoms. The lowest BCUT2D eigenvalue weighted by Gasteiger charge is -2.11. The van der Waals surface area contributed by atoms with Crippen molar-refractivity contribution in [3.63, 3.8) is 0 Å². The molecular formula is C14H13ClN2O2. The largest absolute Gasteiger partial charge is 0.438 e. The highest BCUT2D eigenvalue weighted by Gasteiger charge is 2.08. The lowest BCUT2D eigenvalue weighted by molar-refractivity contribution is 0.239. The van der Waals surface area contributed by atoms with Crippen LogP contribution in [0.25, 0.3) is 5.57 Å². The van der Waals surface area contributed by atoms with Gasteiger partial charge in [0.25, 0.3) is 0 Å². The number of para-hydroxylation sites is 1. The molecule has 2 rings (SSSR count). The Bertz CT molecular complexity index is 587. The van der Waals surface area contributed by atoms with Crippen LogP contribution < -0.4 is 4.74 Å². The van der Waals surface area contributed by atoms with Crippen LogP contribution in [0, 0.1) is 0 Å². The first-order valence-corrected chi connectivity index (χ1v) is 6.00. The molecule has 0 aliphatic rings. The summed E-state index contributed by atoms with van der Waals surface area (Å²) in [4.78, 5) is 7.81. The highest BCUT2D eigenvalue weighted by atomic mass is 35.5. The highest BCUT2D eigenvalue weighted by molar-refractivity contribution is 6.29. The van der Waals surface area contributed by atoms with Crippen LogP contribution in [-0.2, 0) is 4.74 Å². The van der Waals surface area contributed by atoms with E-state index in [4.69, 9.17) is 21.1 Å². The first-order valence-electron chi connectivity index (χ1n) is 5.62. The number of nitrogens with zero attached hydrogens (tertiary/aromatic N) is 2. The molecule has 98 valence electrons. The molecule has 0 aliphatic carbocycles. The summed E-state index contributed by atoms with van der Waals surface area (Å²) >= 11 is 5.79. The molecule has 2 aromatic rings. The monoisotopic (exact) mass is 276 g/mol. The normalized spacial score (nSPS) is 10.2. The van der Waals surface area contributed by atoms with E-state index in [1.807, 2.05) is 24.3 Å². The Labute approximate surface area is 116 Å². The summed E-state index contributed by atoms with van der Waals surface area (Å²) in [6.07, 6.45) is 1.35. The second-order valence-electron chi connectivity index (χ2n) is 3.81. The molecule has 0 radical (unpaired) electrons. The van der Waals surface area contributed by atoms with E-state index >= 15 is 0 Å². The number of ether oxygens (including phenoxy) is 2. The van der Waals surface area contributed by atoms with Crippen LogP contribution in [0.15, 0.2) is 43.2 Å². The Morgan fingerprint density at radius 3 is 2.84 bits per heavy atom. The average molecular weight is 277 g/mol. The Morgan fingerprint density at radius 1 is 1.32 bits per heavy atom. The van der Waals surface area contributed by atoms with Gasteiger partial charge in [0.1, 0.15) is 17.2 Å². The first kappa shape index (κ1) is 13.5. The molecule has 0 atom stereocenters. The predicted octanol–water partition coefficient (Wildman–Crippen LogP) is 3.58. The van der Waals surface area contributed by atoms with Gasteiger partial charge in [-0.05, 0) is 11.6 Å². The first-order chi connectivity index (χ1) is 9.20. The summed E-state index contributed by atoms with van der Waals surface area (Å²) in [5.41, 5.74) is 1.71. The fourth-order valence-corrected chi connectivity index (χ4v) is 1.72. The van der Waals surface area contributed by atoms with E-state index in [2.05, 4.69) is 16.5 Å². The summed E-state index contributed by atoms with van der Waals surface area (Å²) in [7, 11) is 1.62. The highest BCUT2D eigenvalue weighted by Crippen LogP contribution is 2.29. The van der Waals surface area contributed by atoms with Crippen LogP contribution in [0.4, 0.5) is 0 Å². The van der Waals surface area contributed by atoms with Crippen molar-refractivity contribution >= 4 is 17.2 Å². The predicted molar refractivity (Wildman–Crippen MR) is 74.5 cm³/mol. The Kier molecular flexibility index (Phi) is 4.49. The van der Waals surface area contributed by atoms with E-state index < -0.39 is 0 Å². The average Bonchev–Trinajstić information content (AvgIpc) is 2.39. The van der Waals surface area contributed by atoms with Crippen LogP contribution >= 0.6 is 11.6 Å². The van der Waals surface area contributed by atoms with E-state index in [9.17, 15) is 0 Å². The van der Waals surface area contributed by atoms with E-state index in [-0.39, 0.29) is 0 Å². The second-order valence-corrected chi connectivity index (χ2v) is 4.20. The minimum Gasteiger partial charge on any atom is -0.438 e. The van der Waals surface area contributed by atoms with Gasteiger partial charge in [-0.15, -0.1) is 0 Å². The smallest absolute Gasteiger partial charge is 0.223 e. The molecule has 1 aromatic carbocycles. The quantitative estimate of drug-likeness (QED) is 0.783. The molecule has 1 aromatic heterocycles. The van der Waals surface area contributed by atoms with Crippen molar-refractivity contribution in [3.8, 4) is 11.6 Å². The van der Waals surface area contributed by atoms with Gasteiger partial charge in [0.2, 0.25) is 5.88 Å². The van der Waals surface area contributed by atoms with Crippen molar-refractivity contribution in [1.29, 1.82) is 0 Å². The minimum atomic E-state index is 0.332. The molecule has 0 aliphatic heterocycles. The third-order valence-electron chi connectivity index (χ3n) is 2.41. The van der Waals surface area contributed by atoms with Gasteiger partial charge in [-0.25, -0.2) is 9.97 Å². The standard InChI is InChI=1S/C14H13ClN2O2/c1-10(8-18-2)11-5-3-4-6-12(11)19-14-7-13(15)16-9-17-14/h3-7,9H,1,8H2,2H3. The third-order valence-corrected chi connectivity index (χ3v) is 2.62. The maximum absolute atomic E-state index is 5.79. The maximum atomic E-state index is 5.79. The molecule has 19 heavy (non-hydrogen) atoms. The molecular weight excluding hydrogens is 264 g/mol. The zero-order valence-corrected chi connectivity index (χ0v) is 11.2. The number of hydrogen-bond donors (Lipinski definition) is 0. The van der Waals surface area contributed by atoms with Gasteiger partial charge in [-0.1, -0.05) is 36.4 Å². The van der Waals surface area contributed by atoms with Crippen LogP contribution in [0.2, 0.25) is 5.15 Å². The molecule has 4 nitrogen and oxygen atoms in total. The number of halogens is 1. The molecule has 0 N–H and O–H groups in total. The van der Waals surface area contributed by atoms with Gasteiger partial charge >= 0.3 is 0 Å². The van der Waals surface area contributed by atoms with Crippen molar-refractivity contribution < 1.29 is 9.47 Å². The molecule has 1 heterocycles. The van der Waals surface area contributed by atoms with E-state index in [1.165, 1.54) is 6.33 Å². The topological polar surface area (TPSA) is 44.2 Å². The fraction of sp³-hybridized carbons (Fsp3) is 0.143. The summed E-state index contributed by atoms with van der Waals surface area (Å²) < 4.78 is 10.8. The lowest BCUT2D eigenvalue weighted by atomic mass is 10.1. The van der Waals surface area contributed by atoms with Crippen molar-refractivity contribution in [2.75, 3.05) is 13.7 Å². The number of hydrogen-bond acceptors (Lipinski definition) is 4. The second kappa shape index (κ2) is 6.31. The zero-order chi connectivity index (χ0) is 13.7. The number of aromatic nitrogens is 2. The molecule has 0 spiro atoms. The maximum Gasteiger partial charge on any atom is 0.223 e. The van der Waals surface area contributed by atoms with Crippen LogP contribution in [0.5, 0.6) is 11.6 Å². The van der Waals surface area contributed by atoms with Crippen LogP contribution in [-0.4, -0.2) is 23.7 Å². The molecule has 0 bridgehead atoms. The van der Waals surface area contributed by atoms with Crippen molar-refractivity contribution in [3.05, 3.63) is 54.0 Å². The number of rotatable bonds is 5. The Morgan fingerprint density at radius 2 is 2.11 bits per heavy atom. The minimum absolute atomic E-state index is 0.332. The third kappa shape index (κ3) is 3.53. The van der Waals surface area contributed by atoms with Crippen molar-refractivity contribution in [2.45, 2.75) is 0 Å². The summed E-state index contributed by atoms with van der Waals surface area (Å²) in [5.74, 6) is 1.04. The molecule has 0 saturated carbocycles. The van der Waals surface area contributed by atoms with Crippen LogP contribution in [0.3, 0.4) is 0 Å². The SMILES string of the molecule is C=C(COC)c1ccccc1Oc1cc(Cl)ncn1. The molecule has 0 saturated heterocycles. The number of methoxy groups -OCH3 is 1. The van der Waals surface area contributed by atoms with E-state index in [1.54, 1.807) is 13.2 Å². The van der Waals surface area contributed by atoms with Gasteiger partial charge in [-0.3, -0.25) is 0 Å². The summed E-state index contributed by atoms with van der Waals surface area (Å²) in [6.45, 7) is 4.41. The van der Waals surface area contributed by atoms with Gasteiger partial charge in [0.15, 0.2) is 0 Å².